The fourth-order valence-electron chi connectivity index (χ4n) is 3.98. The summed E-state index contributed by atoms with van der Waals surface area (Å²) in [5, 5.41) is 3.30. The Morgan fingerprint density at radius 2 is 2.04 bits per heavy atom. The van der Waals surface area contributed by atoms with Gasteiger partial charge < -0.3 is 14.5 Å². The Labute approximate surface area is 167 Å². The summed E-state index contributed by atoms with van der Waals surface area (Å²) < 4.78 is 11.3. The summed E-state index contributed by atoms with van der Waals surface area (Å²) in [6, 6.07) is 12.5. The molecule has 0 spiro atoms. The van der Waals surface area contributed by atoms with E-state index in [1.165, 1.54) is 24.0 Å². The lowest BCUT2D eigenvalue weighted by atomic mass is 10.0. The molecule has 1 aliphatic heterocycles. The highest BCUT2D eigenvalue weighted by Gasteiger charge is 2.33. The van der Waals surface area contributed by atoms with E-state index in [0.717, 1.165) is 31.8 Å². The van der Waals surface area contributed by atoms with Gasteiger partial charge in [0, 0.05) is 13.2 Å². The van der Waals surface area contributed by atoms with Crippen LogP contribution in [0.25, 0.3) is 0 Å². The summed E-state index contributed by atoms with van der Waals surface area (Å²) in [5.74, 6) is 1.51. The van der Waals surface area contributed by atoms with E-state index in [1.807, 2.05) is 12.1 Å². The highest BCUT2D eigenvalue weighted by Crippen LogP contribution is 2.41. The van der Waals surface area contributed by atoms with Crippen LogP contribution in [0, 0.1) is 12.8 Å². The standard InChI is InChI=1S/C23H30N2O3/c1-17-6-8-18(9-7-17)23(19-10-11-19)24-22(26)16-25(14-20-4-2-12-27-20)15-21-5-3-13-28-21/h2,4,6-9,12,19,21,23H,3,5,10-11,13-16H2,1H3,(H,24,26). The minimum absolute atomic E-state index is 0.0713. The Morgan fingerprint density at radius 1 is 1.21 bits per heavy atom. The molecule has 1 aromatic heterocycles. The largest absolute Gasteiger partial charge is 0.468 e. The maximum absolute atomic E-state index is 12.9. The van der Waals surface area contributed by atoms with E-state index in [-0.39, 0.29) is 18.1 Å². The summed E-state index contributed by atoms with van der Waals surface area (Å²) in [6.45, 7) is 4.65. The summed E-state index contributed by atoms with van der Waals surface area (Å²) in [7, 11) is 0. The lowest BCUT2D eigenvalue weighted by Gasteiger charge is -2.26. The molecule has 1 aliphatic carbocycles. The molecule has 0 radical (unpaired) electrons. The Bertz CT molecular complexity index is 747. The molecule has 5 nitrogen and oxygen atoms in total. The third-order valence-corrected chi connectivity index (χ3v) is 5.66. The average molecular weight is 383 g/mol. The fraction of sp³-hybridized carbons (Fsp3) is 0.522. The number of amides is 1. The van der Waals surface area contributed by atoms with Crippen LogP contribution in [-0.4, -0.2) is 36.6 Å². The first-order chi connectivity index (χ1) is 13.7. The van der Waals surface area contributed by atoms with Gasteiger partial charge in [-0.15, -0.1) is 0 Å². The van der Waals surface area contributed by atoms with Crippen LogP contribution < -0.4 is 5.32 Å². The smallest absolute Gasteiger partial charge is 0.234 e. The van der Waals surface area contributed by atoms with Crippen LogP contribution >= 0.6 is 0 Å². The van der Waals surface area contributed by atoms with Gasteiger partial charge >= 0.3 is 0 Å². The van der Waals surface area contributed by atoms with E-state index in [1.54, 1.807) is 6.26 Å². The number of nitrogens with one attached hydrogen (secondary N) is 1. The van der Waals surface area contributed by atoms with Gasteiger partial charge in [0.25, 0.3) is 0 Å². The first kappa shape index (κ1) is 19.2. The number of nitrogens with zero attached hydrogens (tertiary/aromatic N) is 1. The van der Waals surface area contributed by atoms with Gasteiger partial charge in [-0.25, -0.2) is 0 Å². The monoisotopic (exact) mass is 382 g/mol. The average Bonchev–Trinajstić information content (AvgIpc) is 3.14. The van der Waals surface area contributed by atoms with E-state index in [0.29, 0.717) is 19.0 Å². The zero-order chi connectivity index (χ0) is 19.3. The summed E-state index contributed by atoms with van der Waals surface area (Å²) >= 11 is 0. The molecule has 4 rings (SSSR count). The molecule has 1 saturated heterocycles. The van der Waals surface area contributed by atoms with Gasteiger partial charge in [-0.1, -0.05) is 29.8 Å². The molecule has 2 aliphatic rings. The van der Waals surface area contributed by atoms with Crippen molar-refractivity contribution in [3.05, 3.63) is 59.5 Å². The maximum Gasteiger partial charge on any atom is 0.234 e. The fourth-order valence-corrected chi connectivity index (χ4v) is 3.98. The number of benzene rings is 1. The van der Waals surface area contributed by atoms with Gasteiger partial charge in [-0.05, 0) is 56.2 Å². The number of hydrogen-bond acceptors (Lipinski definition) is 4. The Balaban J connectivity index is 1.39. The molecule has 150 valence electrons. The van der Waals surface area contributed by atoms with Crippen LogP contribution in [0.2, 0.25) is 0 Å². The quantitative estimate of drug-likeness (QED) is 0.716. The molecule has 2 aromatic rings. The van der Waals surface area contributed by atoms with E-state index in [9.17, 15) is 4.79 Å². The molecular formula is C23H30N2O3. The SMILES string of the molecule is Cc1ccc(C(NC(=O)CN(Cc2ccco2)CC2CCCO2)C2CC2)cc1. The third-order valence-electron chi connectivity index (χ3n) is 5.66. The maximum atomic E-state index is 12.9. The van der Waals surface area contributed by atoms with Crippen molar-refractivity contribution in [2.75, 3.05) is 19.7 Å². The van der Waals surface area contributed by atoms with Gasteiger partial charge in [-0.3, -0.25) is 9.69 Å². The first-order valence-electron chi connectivity index (χ1n) is 10.4. The van der Waals surface area contributed by atoms with E-state index >= 15 is 0 Å². The normalized spacial score (nSPS) is 20.4. The molecule has 2 fully saturated rings. The predicted molar refractivity (Wildman–Crippen MR) is 108 cm³/mol. The van der Waals surface area contributed by atoms with Gasteiger partial charge in [0.1, 0.15) is 5.76 Å². The van der Waals surface area contributed by atoms with Crippen molar-refractivity contribution in [2.24, 2.45) is 5.92 Å². The molecule has 0 bridgehead atoms. The number of carbonyl (C=O) groups is 1. The third kappa shape index (κ3) is 5.24. The lowest BCUT2D eigenvalue weighted by Crippen LogP contribution is -2.42. The molecule has 2 heterocycles. The molecular weight excluding hydrogens is 352 g/mol. The van der Waals surface area contributed by atoms with Crippen LogP contribution in [-0.2, 0) is 16.1 Å². The van der Waals surface area contributed by atoms with Crippen LogP contribution in [0.3, 0.4) is 0 Å². The number of carbonyl (C=O) groups excluding carboxylic acids is 1. The van der Waals surface area contributed by atoms with E-state index in [2.05, 4.69) is 41.4 Å². The zero-order valence-corrected chi connectivity index (χ0v) is 16.6. The molecule has 5 heteroatoms. The van der Waals surface area contributed by atoms with Crippen molar-refractivity contribution in [3.8, 4) is 0 Å². The van der Waals surface area contributed by atoms with E-state index in [4.69, 9.17) is 9.15 Å². The number of rotatable bonds is 9. The number of hydrogen-bond donors (Lipinski definition) is 1. The van der Waals surface area contributed by atoms with Crippen LogP contribution in [0.1, 0.15) is 48.6 Å². The Kier molecular flexibility index (Phi) is 6.13. The minimum Gasteiger partial charge on any atom is -0.468 e. The first-order valence-corrected chi connectivity index (χ1v) is 10.4. The number of ether oxygens (including phenoxy) is 1. The Morgan fingerprint density at radius 3 is 2.68 bits per heavy atom. The summed E-state index contributed by atoms with van der Waals surface area (Å²) in [5.41, 5.74) is 2.45. The second-order valence-corrected chi connectivity index (χ2v) is 8.18. The molecule has 1 amide bonds. The topological polar surface area (TPSA) is 54.7 Å². The van der Waals surface area contributed by atoms with Crippen molar-refractivity contribution in [3.63, 3.8) is 0 Å². The molecule has 1 aromatic carbocycles. The van der Waals surface area contributed by atoms with Crippen LogP contribution in [0.4, 0.5) is 0 Å². The minimum atomic E-state index is 0.0713. The molecule has 28 heavy (non-hydrogen) atoms. The summed E-state index contributed by atoms with van der Waals surface area (Å²) in [6.07, 6.45) is 6.42. The molecule has 2 atom stereocenters. The van der Waals surface area contributed by atoms with Crippen molar-refractivity contribution in [2.45, 2.75) is 51.3 Å². The predicted octanol–water partition coefficient (Wildman–Crippen LogP) is 3.84. The molecule has 2 unspecified atom stereocenters. The van der Waals surface area contributed by atoms with Crippen molar-refractivity contribution in [1.82, 2.24) is 10.2 Å². The van der Waals surface area contributed by atoms with Crippen molar-refractivity contribution >= 4 is 5.91 Å². The second kappa shape index (κ2) is 8.93. The second-order valence-electron chi connectivity index (χ2n) is 8.18. The molecule has 1 N–H and O–H groups in total. The number of furan rings is 1. The van der Waals surface area contributed by atoms with Gasteiger partial charge in [-0.2, -0.15) is 0 Å². The van der Waals surface area contributed by atoms with Crippen molar-refractivity contribution in [1.29, 1.82) is 0 Å². The molecule has 1 saturated carbocycles. The Hall–Kier alpha value is -2.11. The van der Waals surface area contributed by atoms with Crippen LogP contribution in [0.15, 0.2) is 47.1 Å². The highest BCUT2D eigenvalue weighted by atomic mass is 16.5. The van der Waals surface area contributed by atoms with E-state index < -0.39 is 0 Å². The highest BCUT2D eigenvalue weighted by molar-refractivity contribution is 5.78. The zero-order valence-electron chi connectivity index (χ0n) is 16.6. The van der Waals surface area contributed by atoms with Gasteiger partial charge in [0.2, 0.25) is 5.91 Å². The van der Waals surface area contributed by atoms with Crippen molar-refractivity contribution < 1.29 is 13.9 Å². The summed E-state index contributed by atoms with van der Waals surface area (Å²) in [4.78, 5) is 15.1. The van der Waals surface area contributed by atoms with Crippen LogP contribution in [0.5, 0.6) is 0 Å². The van der Waals surface area contributed by atoms with Gasteiger partial charge in [0.15, 0.2) is 0 Å². The van der Waals surface area contributed by atoms with Gasteiger partial charge in [0.05, 0.1) is 31.5 Å². The number of aryl methyl sites for hydroxylation is 1. The lowest BCUT2D eigenvalue weighted by molar-refractivity contribution is -0.123.